The van der Waals surface area contributed by atoms with Crippen LogP contribution < -0.4 is 5.73 Å². The number of halogens is 1. The number of benzene rings is 1. The lowest BCUT2D eigenvalue weighted by Gasteiger charge is -2.04. The summed E-state index contributed by atoms with van der Waals surface area (Å²) in [5.74, 6) is -0.159. The van der Waals surface area contributed by atoms with Gasteiger partial charge in [0.05, 0.1) is 0 Å². The minimum Gasteiger partial charge on any atom is -0.324 e. The van der Waals surface area contributed by atoms with Crippen molar-refractivity contribution in [1.29, 1.82) is 0 Å². The molecule has 0 aliphatic heterocycles. The van der Waals surface area contributed by atoms with Crippen molar-refractivity contribution >= 4 is 11.3 Å². The fourth-order valence-electron chi connectivity index (χ4n) is 1.62. The number of hydrogen-bond acceptors (Lipinski definition) is 2. The van der Waals surface area contributed by atoms with Crippen LogP contribution in [-0.2, 0) is 0 Å². The van der Waals surface area contributed by atoms with Gasteiger partial charge in [0.15, 0.2) is 0 Å². The van der Waals surface area contributed by atoms with E-state index >= 15 is 0 Å². The van der Waals surface area contributed by atoms with E-state index in [2.05, 4.69) is 0 Å². The molecule has 84 valence electrons. The Morgan fingerprint density at radius 2 is 2.00 bits per heavy atom. The quantitative estimate of drug-likeness (QED) is 0.839. The Hall–Kier alpha value is -1.19. The van der Waals surface area contributed by atoms with E-state index in [1.165, 1.54) is 6.07 Å². The van der Waals surface area contributed by atoms with Gasteiger partial charge in [-0.1, -0.05) is 12.1 Å². The zero-order valence-corrected chi connectivity index (χ0v) is 10.1. The summed E-state index contributed by atoms with van der Waals surface area (Å²) in [7, 11) is 0. The molecule has 0 amide bonds. The molecule has 1 aromatic heterocycles. The average molecular weight is 235 g/mol. The van der Waals surface area contributed by atoms with E-state index in [0.29, 0.717) is 5.56 Å². The van der Waals surface area contributed by atoms with Crippen molar-refractivity contribution in [3.63, 3.8) is 0 Å². The van der Waals surface area contributed by atoms with Crippen molar-refractivity contribution in [2.75, 3.05) is 0 Å². The summed E-state index contributed by atoms with van der Waals surface area (Å²) in [6.07, 6.45) is 0. The van der Waals surface area contributed by atoms with Gasteiger partial charge in [0.2, 0.25) is 0 Å². The molecule has 2 rings (SSSR count). The molecule has 1 heterocycles. The average Bonchev–Trinajstić information content (AvgIpc) is 2.71. The van der Waals surface area contributed by atoms with E-state index in [0.717, 1.165) is 15.3 Å². The molecule has 0 aliphatic rings. The van der Waals surface area contributed by atoms with Gasteiger partial charge in [-0.2, -0.15) is 0 Å². The highest BCUT2D eigenvalue weighted by Crippen LogP contribution is 2.33. The summed E-state index contributed by atoms with van der Waals surface area (Å²) in [4.78, 5) is 2.20. The van der Waals surface area contributed by atoms with Gasteiger partial charge in [0.1, 0.15) is 5.82 Å². The Bertz CT molecular complexity index is 502. The van der Waals surface area contributed by atoms with Crippen LogP contribution in [0.2, 0.25) is 0 Å². The molecule has 0 saturated carbocycles. The number of nitrogens with two attached hydrogens (primary N) is 1. The SMILES string of the molecule is Cc1c(F)cccc1-c1ccc(C(C)N)s1. The summed E-state index contributed by atoms with van der Waals surface area (Å²) in [5.41, 5.74) is 7.46. The highest BCUT2D eigenvalue weighted by Gasteiger charge is 2.09. The van der Waals surface area contributed by atoms with Crippen molar-refractivity contribution in [1.82, 2.24) is 0 Å². The maximum atomic E-state index is 13.4. The largest absolute Gasteiger partial charge is 0.324 e. The molecule has 2 aromatic rings. The Morgan fingerprint density at radius 3 is 2.62 bits per heavy atom. The molecule has 1 atom stereocenters. The normalized spacial score (nSPS) is 12.8. The maximum Gasteiger partial charge on any atom is 0.126 e. The Kier molecular flexibility index (Phi) is 3.08. The first kappa shape index (κ1) is 11.3. The monoisotopic (exact) mass is 235 g/mol. The maximum absolute atomic E-state index is 13.4. The Balaban J connectivity index is 2.47. The topological polar surface area (TPSA) is 26.0 Å². The molecule has 2 N–H and O–H groups in total. The molecular formula is C13H14FNS. The van der Waals surface area contributed by atoms with Gasteiger partial charge in [0.25, 0.3) is 0 Å². The lowest BCUT2D eigenvalue weighted by molar-refractivity contribution is 0.619. The molecular weight excluding hydrogens is 221 g/mol. The molecule has 16 heavy (non-hydrogen) atoms. The zero-order valence-electron chi connectivity index (χ0n) is 9.33. The highest BCUT2D eigenvalue weighted by atomic mass is 32.1. The van der Waals surface area contributed by atoms with Crippen LogP contribution in [0.15, 0.2) is 30.3 Å². The van der Waals surface area contributed by atoms with E-state index < -0.39 is 0 Å². The highest BCUT2D eigenvalue weighted by molar-refractivity contribution is 7.15. The van der Waals surface area contributed by atoms with Gasteiger partial charge < -0.3 is 5.73 Å². The van der Waals surface area contributed by atoms with Crippen molar-refractivity contribution in [3.8, 4) is 10.4 Å². The van der Waals surface area contributed by atoms with Gasteiger partial charge in [-0.3, -0.25) is 0 Å². The smallest absolute Gasteiger partial charge is 0.126 e. The van der Waals surface area contributed by atoms with Gasteiger partial charge >= 0.3 is 0 Å². The Morgan fingerprint density at radius 1 is 1.25 bits per heavy atom. The van der Waals surface area contributed by atoms with Crippen LogP contribution in [0.3, 0.4) is 0 Å². The first-order valence-corrected chi connectivity index (χ1v) is 6.02. The van der Waals surface area contributed by atoms with Crippen molar-refractivity contribution in [3.05, 3.63) is 46.6 Å². The second kappa shape index (κ2) is 4.36. The van der Waals surface area contributed by atoms with E-state index in [4.69, 9.17) is 5.73 Å². The predicted octanol–water partition coefficient (Wildman–Crippen LogP) is 3.88. The zero-order chi connectivity index (χ0) is 11.7. The van der Waals surface area contributed by atoms with Crippen LogP contribution in [0.5, 0.6) is 0 Å². The molecule has 0 bridgehead atoms. The lowest BCUT2D eigenvalue weighted by Crippen LogP contribution is -2.01. The second-order valence-electron chi connectivity index (χ2n) is 3.90. The second-order valence-corrected chi connectivity index (χ2v) is 5.02. The van der Waals surface area contributed by atoms with E-state index in [1.54, 1.807) is 24.3 Å². The molecule has 0 aliphatic carbocycles. The summed E-state index contributed by atoms with van der Waals surface area (Å²) in [6, 6.07) is 9.21. The third kappa shape index (κ3) is 2.01. The summed E-state index contributed by atoms with van der Waals surface area (Å²) >= 11 is 1.63. The predicted molar refractivity (Wildman–Crippen MR) is 67.1 cm³/mol. The minimum absolute atomic E-state index is 0.0348. The molecule has 0 saturated heterocycles. The van der Waals surface area contributed by atoms with Crippen molar-refractivity contribution in [2.24, 2.45) is 5.73 Å². The molecule has 1 unspecified atom stereocenters. The molecule has 3 heteroatoms. The summed E-state index contributed by atoms with van der Waals surface area (Å²) < 4.78 is 13.4. The molecule has 0 fully saturated rings. The minimum atomic E-state index is -0.159. The lowest BCUT2D eigenvalue weighted by atomic mass is 10.1. The van der Waals surface area contributed by atoms with Gasteiger partial charge in [-0.05, 0) is 43.2 Å². The first-order valence-electron chi connectivity index (χ1n) is 5.20. The van der Waals surface area contributed by atoms with Crippen LogP contribution in [-0.4, -0.2) is 0 Å². The Labute approximate surface area is 98.7 Å². The van der Waals surface area contributed by atoms with Crippen LogP contribution in [0.1, 0.15) is 23.4 Å². The van der Waals surface area contributed by atoms with E-state index in [-0.39, 0.29) is 11.9 Å². The van der Waals surface area contributed by atoms with Crippen LogP contribution >= 0.6 is 11.3 Å². The van der Waals surface area contributed by atoms with Gasteiger partial charge in [-0.15, -0.1) is 11.3 Å². The molecule has 0 radical (unpaired) electrons. The molecule has 1 nitrogen and oxygen atoms in total. The first-order chi connectivity index (χ1) is 7.59. The molecule has 0 spiro atoms. The number of hydrogen-bond donors (Lipinski definition) is 1. The third-order valence-corrected chi connectivity index (χ3v) is 3.93. The summed E-state index contributed by atoms with van der Waals surface area (Å²) in [6.45, 7) is 3.75. The van der Waals surface area contributed by atoms with Crippen LogP contribution in [0, 0.1) is 12.7 Å². The van der Waals surface area contributed by atoms with Gasteiger partial charge in [-0.25, -0.2) is 4.39 Å². The van der Waals surface area contributed by atoms with E-state index in [9.17, 15) is 4.39 Å². The van der Waals surface area contributed by atoms with Crippen molar-refractivity contribution in [2.45, 2.75) is 19.9 Å². The van der Waals surface area contributed by atoms with Gasteiger partial charge in [0, 0.05) is 15.8 Å². The van der Waals surface area contributed by atoms with Crippen LogP contribution in [0.4, 0.5) is 4.39 Å². The van der Waals surface area contributed by atoms with Crippen molar-refractivity contribution < 1.29 is 4.39 Å². The summed E-state index contributed by atoms with van der Waals surface area (Å²) in [5, 5.41) is 0. The standard InChI is InChI=1S/C13H14FNS/c1-8-10(4-3-5-11(8)14)13-7-6-12(16-13)9(2)15/h3-7,9H,15H2,1-2H3. The fraction of sp³-hybridized carbons (Fsp3) is 0.231. The third-order valence-electron chi connectivity index (χ3n) is 2.61. The molecule has 1 aromatic carbocycles. The van der Waals surface area contributed by atoms with Crippen LogP contribution in [0.25, 0.3) is 10.4 Å². The van der Waals surface area contributed by atoms with E-state index in [1.807, 2.05) is 25.1 Å². The fourth-order valence-corrected chi connectivity index (χ4v) is 2.66. The number of rotatable bonds is 2. The number of thiophene rings is 1.